The van der Waals surface area contributed by atoms with Crippen LogP contribution in [-0.2, 0) is 14.3 Å². The molecule has 0 amide bonds. The first-order valence-corrected chi connectivity index (χ1v) is 2.60. The largest absolute Gasteiger partial charge is 0.462 e. The average molecular weight is 132 g/mol. The quantitative estimate of drug-likeness (QED) is 0.381. The summed E-state index contributed by atoms with van der Waals surface area (Å²) in [6.45, 7) is 0.323. The van der Waals surface area contributed by atoms with Crippen LogP contribution in [0, 0.1) is 0 Å². The minimum atomic E-state index is -0.507. The van der Waals surface area contributed by atoms with Gasteiger partial charge in [0.1, 0.15) is 13.2 Å². The van der Waals surface area contributed by atoms with Crippen molar-refractivity contribution in [3.05, 3.63) is 0 Å². The van der Waals surface area contributed by atoms with E-state index in [1.54, 1.807) is 0 Å². The Morgan fingerprint density at radius 1 is 1.56 bits per heavy atom. The number of hydrogen-bond donors (Lipinski definition) is 0. The molecule has 0 aromatic rings. The summed E-state index contributed by atoms with van der Waals surface area (Å²) in [5.41, 5.74) is 6.53. The second-order valence-corrected chi connectivity index (χ2v) is 1.39. The fourth-order valence-corrected chi connectivity index (χ4v) is 0.290. The molecule has 0 atom stereocenters. The zero-order valence-corrected chi connectivity index (χ0v) is 5.35. The molecule has 0 aliphatic carbocycles. The molecule has 0 aliphatic rings. The Balaban J connectivity index is 2.97. The SMILES string of the molecule is COCCOC(=O)C[NH]. The molecule has 0 fully saturated rings. The van der Waals surface area contributed by atoms with Crippen LogP contribution in [0.1, 0.15) is 0 Å². The second kappa shape index (κ2) is 5.53. The third-order valence-corrected chi connectivity index (χ3v) is 0.695. The summed E-state index contributed by atoms with van der Waals surface area (Å²) in [5, 5.41) is 0. The Labute approximate surface area is 53.9 Å². The standard InChI is InChI=1S/C5H10NO3/c1-8-2-3-9-5(7)4-6/h6H,2-4H2,1H3. The molecule has 1 N–H and O–H groups in total. The van der Waals surface area contributed by atoms with E-state index in [2.05, 4.69) is 9.47 Å². The van der Waals surface area contributed by atoms with Gasteiger partial charge in [-0.25, -0.2) is 5.73 Å². The molecule has 0 aromatic heterocycles. The molecule has 0 unspecified atom stereocenters. The van der Waals surface area contributed by atoms with Gasteiger partial charge in [-0.05, 0) is 0 Å². The molecule has 0 saturated heterocycles. The molecule has 0 bridgehead atoms. The van der Waals surface area contributed by atoms with Gasteiger partial charge in [0.2, 0.25) is 0 Å². The maximum absolute atomic E-state index is 10.2. The zero-order chi connectivity index (χ0) is 7.11. The minimum Gasteiger partial charge on any atom is -0.462 e. The normalized spacial score (nSPS) is 9.11. The van der Waals surface area contributed by atoms with Crippen LogP contribution in [0.4, 0.5) is 0 Å². The lowest BCUT2D eigenvalue weighted by Crippen LogP contribution is -2.13. The van der Waals surface area contributed by atoms with E-state index in [4.69, 9.17) is 5.73 Å². The molecule has 0 spiro atoms. The van der Waals surface area contributed by atoms with E-state index < -0.39 is 5.97 Å². The number of nitrogens with one attached hydrogen (secondary N) is 1. The topological polar surface area (TPSA) is 59.3 Å². The van der Waals surface area contributed by atoms with E-state index in [0.717, 1.165) is 0 Å². The van der Waals surface area contributed by atoms with Crippen molar-refractivity contribution >= 4 is 5.97 Å². The zero-order valence-electron chi connectivity index (χ0n) is 5.35. The van der Waals surface area contributed by atoms with Crippen LogP contribution in [0.5, 0.6) is 0 Å². The minimum absolute atomic E-state index is 0.244. The summed E-state index contributed by atoms with van der Waals surface area (Å²) in [5.74, 6) is -0.507. The third kappa shape index (κ3) is 5.26. The van der Waals surface area contributed by atoms with E-state index >= 15 is 0 Å². The van der Waals surface area contributed by atoms with Crippen LogP contribution in [-0.4, -0.2) is 32.8 Å². The van der Waals surface area contributed by atoms with Gasteiger partial charge in [-0.2, -0.15) is 0 Å². The van der Waals surface area contributed by atoms with Gasteiger partial charge >= 0.3 is 5.97 Å². The van der Waals surface area contributed by atoms with Crippen molar-refractivity contribution in [2.75, 3.05) is 26.9 Å². The predicted octanol–water partition coefficient (Wildman–Crippen LogP) is -0.541. The average Bonchev–Trinajstić information content (AvgIpc) is 1.89. The Bertz CT molecular complexity index is 84.3. The first-order valence-electron chi connectivity index (χ1n) is 2.60. The van der Waals surface area contributed by atoms with Crippen molar-refractivity contribution in [3.63, 3.8) is 0 Å². The fourth-order valence-electron chi connectivity index (χ4n) is 0.290. The molecule has 53 valence electrons. The summed E-state index contributed by atoms with van der Waals surface area (Å²) in [6.07, 6.45) is 0. The summed E-state index contributed by atoms with van der Waals surface area (Å²) < 4.78 is 9.08. The number of carbonyl (C=O) groups is 1. The highest BCUT2D eigenvalue weighted by atomic mass is 16.6. The van der Waals surface area contributed by atoms with Crippen LogP contribution < -0.4 is 5.73 Å². The summed E-state index contributed by atoms with van der Waals surface area (Å²) in [7, 11) is 1.52. The molecule has 0 rings (SSSR count). The van der Waals surface area contributed by atoms with Crippen LogP contribution in [0.25, 0.3) is 0 Å². The van der Waals surface area contributed by atoms with Crippen LogP contribution in [0.3, 0.4) is 0 Å². The third-order valence-electron chi connectivity index (χ3n) is 0.695. The van der Waals surface area contributed by atoms with Gasteiger partial charge in [0, 0.05) is 7.11 Å². The fraction of sp³-hybridized carbons (Fsp3) is 0.800. The van der Waals surface area contributed by atoms with Crippen molar-refractivity contribution in [3.8, 4) is 0 Å². The van der Waals surface area contributed by atoms with Gasteiger partial charge in [0.25, 0.3) is 0 Å². The highest BCUT2D eigenvalue weighted by Gasteiger charge is 1.95. The van der Waals surface area contributed by atoms with E-state index in [9.17, 15) is 4.79 Å². The van der Waals surface area contributed by atoms with Crippen molar-refractivity contribution in [1.29, 1.82) is 0 Å². The molecular formula is C5H10NO3. The summed E-state index contributed by atoms with van der Waals surface area (Å²) in [4.78, 5) is 10.2. The predicted molar refractivity (Wildman–Crippen MR) is 30.8 cm³/mol. The van der Waals surface area contributed by atoms with Gasteiger partial charge < -0.3 is 9.47 Å². The number of hydrogen-bond acceptors (Lipinski definition) is 3. The number of methoxy groups -OCH3 is 1. The Morgan fingerprint density at radius 2 is 2.22 bits per heavy atom. The summed E-state index contributed by atoms with van der Waals surface area (Å²) >= 11 is 0. The van der Waals surface area contributed by atoms with E-state index in [-0.39, 0.29) is 13.2 Å². The van der Waals surface area contributed by atoms with Gasteiger partial charge in [0.05, 0.1) is 6.61 Å². The lowest BCUT2D eigenvalue weighted by molar-refractivity contribution is -0.143. The Hall–Kier alpha value is -0.610. The maximum Gasteiger partial charge on any atom is 0.321 e. The molecule has 0 aromatic carbocycles. The van der Waals surface area contributed by atoms with E-state index in [0.29, 0.717) is 6.61 Å². The molecule has 1 radical (unpaired) electrons. The van der Waals surface area contributed by atoms with Crippen molar-refractivity contribution in [2.45, 2.75) is 0 Å². The smallest absolute Gasteiger partial charge is 0.321 e. The van der Waals surface area contributed by atoms with Crippen LogP contribution in [0.2, 0.25) is 0 Å². The molecular weight excluding hydrogens is 122 g/mol. The number of rotatable bonds is 4. The van der Waals surface area contributed by atoms with E-state index in [1.807, 2.05) is 0 Å². The monoisotopic (exact) mass is 132 g/mol. The number of ether oxygens (including phenoxy) is 2. The van der Waals surface area contributed by atoms with Crippen molar-refractivity contribution in [2.24, 2.45) is 0 Å². The van der Waals surface area contributed by atoms with Crippen LogP contribution >= 0.6 is 0 Å². The molecule has 0 saturated carbocycles. The van der Waals surface area contributed by atoms with Gasteiger partial charge in [-0.3, -0.25) is 4.79 Å². The van der Waals surface area contributed by atoms with Gasteiger partial charge in [-0.1, -0.05) is 0 Å². The van der Waals surface area contributed by atoms with Crippen molar-refractivity contribution in [1.82, 2.24) is 5.73 Å². The van der Waals surface area contributed by atoms with E-state index in [1.165, 1.54) is 7.11 Å². The Morgan fingerprint density at radius 3 is 2.67 bits per heavy atom. The molecule has 0 heterocycles. The Kier molecular flexibility index (Phi) is 5.15. The second-order valence-electron chi connectivity index (χ2n) is 1.39. The van der Waals surface area contributed by atoms with Gasteiger partial charge in [-0.15, -0.1) is 0 Å². The van der Waals surface area contributed by atoms with Gasteiger partial charge in [0.15, 0.2) is 0 Å². The maximum atomic E-state index is 10.2. The highest BCUT2D eigenvalue weighted by Crippen LogP contribution is 1.75. The lowest BCUT2D eigenvalue weighted by Gasteiger charge is -1.99. The summed E-state index contributed by atoms with van der Waals surface area (Å²) in [6, 6.07) is 0. The molecule has 4 heteroatoms. The molecule has 9 heavy (non-hydrogen) atoms. The molecule has 4 nitrogen and oxygen atoms in total. The highest BCUT2D eigenvalue weighted by molar-refractivity contribution is 5.71. The number of carbonyl (C=O) groups excluding carboxylic acids is 1. The lowest BCUT2D eigenvalue weighted by atomic mass is 10.7. The van der Waals surface area contributed by atoms with Crippen LogP contribution in [0.15, 0.2) is 0 Å². The first kappa shape index (κ1) is 8.39. The van der Waals surface area contributed by atoms with Crippen molar-refractivity contribution < 1.29 is 14.3 Å². The molecule has 0 aliphatic heterocycles. The first-order chi connectivity index (χ1) is 4.31. The number of esters is 1.